The number of aliphatic carboxylic acids is 1. The first-order chi connectivity index (χ1) is 11.1. The van der Waals surface area contributed by atoms with Crippen molar-refractivity contribution in [1.82, 2.24) is 4.90 Å². The van der Waals surface area contributed by atoms with Crippen LogP contribution in [0, 0.1) is 0 Å². The van der Waals surface area contributed by atoms with Crippen LogP contribution in [0.25, 0.3) is 0 Å². The predicted molar refractivity (Wildman–Crippen MR) is 86.8 cm³/mol. The molecule has 0 spiro atoms. The van der Waals surface area contributed by atoms with Crippen molar-refractivity contribution in [3.63, 3.8) is 0 Å². The minimum absolute atomic E-state index is 0.217. The third kappa shape index (κ3) is 4.07. The van der Waals surface area contributed by atoms with Crippen LogP contribution in [-0.4, -0.2) is 56.9 Å². The van der Waals surface area contributed by atoms with Crippen LogP contribution in [0.15, 0.2) is 6.07 Å². The monoisotopic (exact) mass is 323 g/mol. The zero-order valence-electron chi connectivity index (χ0n) is 14.1. The van der Waals surface area contributed by atoms with Gasteiger partial charge >= 0.3 is 5.97 Å². The molecule has 1 aliphatic heterocycles. The first-order valence-electron chi connectivity index (χ1n) is 7.85. The Hall–Kier alpha value is -1.95. The molecule has 0 unspecified atom stereocenters. The van der Waals surface area contributed by atoms with Gasteiger partial charge in [0.15, 0.2) is 11.5 Å². The second kappa shape index (κ2) is 8.06. The maximum atomic E-state index is 10.6. The topological polar surface area (TPSA) is 68.2 Å². The molecule has 1 aromatic carbocycles. The Morgan fingerprint density at radius 2 is 1.83 bits per heavy atom. The number of nitrogens with zero attached hydrogens (tertiary/aromatic N) is 1. The summed E-state index contributed by atoms with van der Waals surface area (Å²) in [6.45, 7) is 2.60. The fourth-order valence-corrected chi connectivity index (χ4v) is 3.10. The highest BCUT2D eigenvalue weighted by atomic mass is 16.5. The molecule has 0 saturated carbocycles. The second-order valence-electron chi connectivity index (χ2n) is 5.62. The lowest BCUT2D eigenvalue weighted by molar-refractivity contribution is -0.137. The van der Waals surface area contributed by atoms with Crippen molar-refractivity contribution in [2.45, 2.75) is 25.7 Å². The predicted octanol–water partition coefficient (Wildman–Crippen LogP) is 1.98. The number of carboxylic acid groups (broad SMARTS) is 1. The van der Waals surface area contributed by atoms with E-state index in [0.717, 1.165) is 43.8 Å². The Labute approximate surface area is 136 Å². The Bertz CT molecular complexity index is 558. The number of methoxy groups -OCH3 is 3. The second-order valence-corrected chi connectivity index (χ2v) is 5.62. The van der Waals surface area contributed by atoms with E-state index in [0.29, 0.717) is 17.9 Å². The van der Waals surface area contributed by atoms with E-state index in [1.54, 1.807) is 21.3 Å². The summed E-state index contributed by atoms with van der Waals surface area (Å²) in [4.78, 5) is 13.0. The Morgan fingerprint density at radius 3 is 2.43 bits per heavy atom. The van der Waals surface area contributed by atoms with Crippen LogP contribution in [0.3, 0.4) is 0 Å². The first kappa shape index (κ1) is 17.4. The van der Waals surface area contributed by atoms with E-state index in [-0.39, 0.29) is 6.42 Å². The van der Waals surface area contributed by atoms with Gasteiger partial charge in [-0.05, 0) is 37.4 Å². The molecule has 1 heterocycles. The summed E-state index contributed by atoms with van der Waals surface area (Å²) in [6, 6.07) is 2.03. The molecule has 128 valence electrons. The molecule has 1 N–H and O–H groups in total. The van der Waals surface area contributed by atoms with Crippen LogP contribution in [0.2, 0.25) is 0 Å². The lowest BCUT2D eigenvalue weighted by Crippen LogP contribution is -2.27. The summed E-state index contributed by atoms with van der Waals surface area (Å²) >= 11 is 0. The molecule has 0 saturated heterocycles. The third-order valence-electron chi connectivity index (χ3n) is 4.27. The van der Waals surface area contributed by atoms with Crippen LogP contribution in [-0.2, 0) is 17.6 Å². The number of hydrogen-bond donors (Lipinski definition) is 1. The molecule has 6 heteroatoms. The highest BCUT2D eigenvalue weighted by Gasteiger charge is 2.23. The number of benzene rings is 1. The Morgan fingerprint density at radius 1 is 1.13 bits per heavy atom. The molecule has 2 rings (SSSR count). The highest BCUT2D eigenvalue weighted by Crippen LogP contribution is 2.43. The molecule has 0 fully saturated rings. The molecule has 6 nitrogen and oxygen atoms in total. The molecule has 23 heavy (non-hydrogen) atoms. The number of carbonyl (C=O) groups is 1. The zero-order chi connectivity index (χ0) is 16.8. The van der Waals surface area contributed by atoms with E-state index in [2.05, 4.69) is 4.90 Å². The van der Waals surface area contributed by atoms with Gasteiger partial charge in [-0.25, -0.2) is 0 Å². The SMILES string of the molecule is COc1cc2c(c(OC)c1OC)CCN(CCCC(=O)O)CC2. The number of fused-ring (bicyclic) bond motifs is 1. The van der Waals surface area contributed by atoms with E-state index >= 15 is 0 Å². The van der Waals surface area contributed by atoms with Crippen LogP contribution in [0.4, 0.5) is 0 Å². The molecule has 0 radical (unpaired) electrons. The van der Waals surface area contributed by atoms with Gasteiger partial charge in [-0.2, -0.15) is 0 Å². The standard InChI is InChI=1S/C17H25NO5/c1-21-14-11-12-6-9-18(8-4-5-15(19)20)10-7-13(12)16(22-2)17(14)23-3/h11H,4-10H2,1-3H3,(H,19,20). The molecular weight excluding hydrogens is 298 g/mol. The van der Waals surface area contributed by atoms with Gasteiger partial charge in [-0.1, -0.05) is 0 Å². The van der Waals surface area contributed by atoms with Gasteiger partial charge in [-0.3, -0.25) is 4.79 Å². The van der Waals surface area contributed by atoms with Crippen molar-refractivity contribution in [1.29, 1.82) is 0 Å². The van der Waals surface area contributed by atoms with Crippen molar-refractivity contribution in [3.8, 4) is 17.2 Å². The quantitative estimate of drug-likeness (QED) is 0.827. The maximum absolute atomic E-state index is 10.6. The molecule has 1 aliphatic rings. The molecular formula is C17H25NO5. The van der Waals surface area contributed by atoms with Crippen molar-refractivity contribution < 1.29 is 24.1 Å². The third-order valence-corrected chi connectivity index (χ3v) is 4.27. The largest absolute Gasteiger partial charge is 0.493 e. The molecule has 0 bridgehead atoms. The number of carboxylic acids is 1. The van der Waals surface area contributed by atoms with Crippen LogP contribution < -0.4 is 14.2 Å². The first-order valence-corrected chi connectivity index (χ1v) is 7.85. The summed E-state index contributed by atoms with van der Waals surface area (Å²) in [6.07, 6.45) is 2.63. The van der Waals surface area contributed by atoms with E-state index in [1.165, 1.54) is 5.56 Å². The zero-order valence-corrected chi connectivity index (χ0v) is 14.1. The Kier molecular flexibility index (Phi) is 6.10. The van der Waals surface area contributed by atoms with Crippen molar-refractivity contribution in [3.05, 3.63) is 17.2 Å². The van der Waals surface area contributed by atoms with Gasteiger partial charge in [0.05, 0.1) is 21.3 Å². The highest BCUT2D eigenvalue weighted by molar-refractivity contribution is 5.66. The van der Waals surface area contributed by atoms with Gasteiger partial charge in [-0.15, -0.1) is 0 Å². The maximum Gasteiger partial charge on any atom is 0.303 e. The van der Waals surface area contributed by atoms with E-state index in [9.17, 15) is 4.79 Å². The van der Waals surface area contributed by atoms with Gasteiger partial charge in [0.25, 0.3) is 0 Å². The molecule has 1 aromatic rings. The lowest BCUT2D eigenvalue weighted by Gasteiger charge is -2.19. The smallest absolute Gasteiger partial charge is 0.303 e. The average molecular weight is 323 g/mol. The molecule has 0 aromatic heterocycles. The normalized spacial score (nSPS) is 14.7. The van der Waals surface area contributed by atoms with Gasteiger partial charge in [0.1, 0.15) is 0 Å². The summed E-state index contributed by atoms with van der Waals surface area (Å²) < 4.78 is 16.5. The van der Waals surface area contributed by atoms with Crippen molar-refractivity contribution in [2.75, 3.05) is 41.0 Å². The van der Waals surface area contributed by atoms with E-state index in [4.69, 9.17) is 19.3 Å². The lowest BCUT2D eigenvalue weighted by atomic mass is 10.0. The van der Waals surface area contributed by atoms with E-state index < -0.39 is 5.97 Å². The fourth-order valence-electron chi connectivity index (χ4n) is 3.10. The summed E-state index contributed by atoms with van der Waals surface area (Å²) in [7, 11) is 4.88. The summed E-state index contributed by atoms with van der Waals surface area (Å²) in [5.41, 5.74) is 2.37. The van der Waals surface area contributed by atoms with Crippen LogP contribution in [0.5, 0.6) is 17.2 Å². The van der Waals surface area contributed by atoms with Crippen LogP contribution in [0.1, 0.15) is 24.0 Å². The van der Waals surface area contributed by atoms with Gasteiger partial charge < -0.3 is 24.2 Å². The van der Waals surface area contributed by atoms with Gasteiger partial charge in [0.2, 0.25) is 5.75 Å². The number of hydrogen-bond acceptors (Lipinski definition) is 5. The summed E-state index contributed by atoms with van der Waals surface area (Å²) in [5, 5.41) is 8.76. The number of rotatable bonds is 7. The van der Waals surface area contributed by atoms with E-state index in [1.807, 2.05) is 6.07 Å². The van der Waals surface area contributed by atoms with Gasteiger partial charge in [0, 0.05) is 25.1 Å². The van der Waals surface area contributed by atoms with Crippen molar-refractivity contribution >= 4 is 5.97 Å². The number of ether oxygens (including phenoxy) is 3. The minimum atomic E-state index is -0.737. The molecule has 0 aliphatic carbocycles. The van der Waals surface area contributed by atoms with Crippen LogP contribution >= 0.6 is 0 Å². The van der Waals surface area contributed by atoms with Crippen molar-refractivity contribution in [2.24, 2.45) is 0 Å². The minimum Gasteiger partial charge on any atom is -0.493 e. The Balaban J connectivity index is 2.17. The average Bonchev–Trinajstić information content (AvgIpc) is 2.75. The molecule has 0 amide bonds. The fraction of sp³-hybridized carbons (Fsp3) is 0.588. The molecule has 0 atom stereocenters. The summed E-state index contributed by atoms with van der Waals surface area (Å²) in [5.74, 6) is 1.32.